The number of halogens is 1. The van der Waals surface area contributed by atoms with Gasteiger partial charge in [0, 0.05) is 28.7 Å². The zero-order valence-corrected chi connectivity index (χ0v) is 14.5. The second-order valence-corrected chi connectivity index (χ2v) is 6.12. The lowest BCUT2D eigenvalue weighted by Gasteiger charge is -2.13. The lowest BCUT2D eigenvalue weighted by molar-refractivity contribution is 0.777. The molecule has 2 aromatic rings. The topological polar surface area (TPSA) is 49.8 Å². The molecular formula is C16H21BrN4. The highest BCUT2D eigenvalue weighted by atomic mass is 79.9. The van der Waals surface area contributed by atoms with E-state index in [4.69, 9.17) is 0 Å². The molecule has 1 aromatic carbocycles. The smallest absolute Gasteiger partial charge is 0.136 e. The molecule has 0 unspecified atom stereocenters. The van der Waals surface area contributed by atoms with Crippen LogP contribution in [0.2, 0.25) is 0 Å². The minimum Gasteiger partial charge on any atom is -0.370 e. The third kappa shape index (κ3) is 4.17. The average molecular weight is 349 g/mol. The van der Waals surface area contributed by atoms with E-state index >= 15 is 0 Å². The molecule has 0 aliphatic heterocycles. The number of benzene rings is 1. The van der Waals surface area contributed by atoms with Gasteiger partial charge in [0.2, 0.25) is 0 Å². The Morgan fingerprint density at radius 1 is 1.14 bits per heavy atom. The maximum atomic E-state index is 4.59. The molecule has 5 heteroatoms. The first-order valence-electron chi connectivity index (χ1n) is 7.15. The van der Waals surface area contributed by atoms with Gasteiger partial charge in [0.25, 0.3) is 0 Å². The largest absolute Gasteiger partial charge is 0.370 e. The van der Waals surface area contributed by atoms with E-state index in [1.165, 1.54) is 5.56 Å². The van der Waals surface area contributed by atoms with Crippen LogP contribution >= 0.6 is 15.9 Å². The summed E-state index contributed by atoms with van der Waals surface area (Å²) in [5, 5.41) is 6.60. The molecule has 0 atom stereocenters. The normalized spacial score (nSPS) is 10.8. The van der Waals surface area contributed by atoms with Crippen LogP contribution in [-0.2, 0) is 0 Å². The van der Waals surface area contributed by atoms with Gasteiger partial charge in [-0.25, -0.2) is 9.97 Å². The minimum atomic E-state index is 0.288. The molecule has 0 aliphatic rings. The SMILES string of the molecule is CCNc1cc(Nc2ccc(Br)c(C)c2)nc(C(C)C)n1. The summed E-state index contributed by atoms with van der Waals surface area (Å²) in [6.07, 6.45) is 0. The molecule has 2 N–H and O–H groups in total. The van der Waals surface area contributed by atoms with Crippen molar-refractivity contribution in [3.8, 4) is 0 Å². The van der Waals surface area contributed by atoms with Crippen molar-refractivity contribution >= 4 is 33.3 Å². The second kappa shape index (κ2) is 6.89. The zero-order valence-electron chi connectivity index (χ0n) is 12.9. The highest BCUT2D eigenvalue weighted by Crippen LogP contribution is 2.24. The third-order valence-corrected chi connectivity index (χ3v) is 3.94. The number of aromatic nitrogens is 2. The molecule has 1 aromatic heterocycles. The molecule has 0 aliphatic carbocycles. The molecule has 0 saturated heterocycles. The van der Waals surface area contributed by atoms with Gasteiger partial charge in [-0.15, -0.1) is 0 Å². The number of aryl methyl sites for hydroxylation is 1. The molecule has 2 rings (SSSR count). The minimum absolute atomic E-state index is 0.288. The van der Waals surface area contributed by atoms with Gasteiger partial charge in [0.15, 0.2) is 0 Å². The number of rotatable bonds is 5. The Kier molecular flexibility index (Phi) is 5.17. The summed E-state index contributed by atoms with van der Waals surface area (Å²) >= 11 is 3.51. The van der Waals surface area contributed by atoms with Crippen LogP contribution in [0.5, 0.6) is 0 Å². The molecule has 4 nitrogen and oxygen atoms in total. The highest BCUT2D eigenvalue weighted by molar-refractivity contribution is 9.10. The van der Waals surface area contributed by atoms with E-state index in [0.717, 1.165) is 34.2 Å². The number of nitrogens with one attached hydrogen (secondary N) is 2. The quantitative estimate of drug-likeness (QED) is 0.810. The molecule has 0 amide bonds. The predicted molar refractivity (Wildman–Crippen MR) is 92.4 cm³/mol. The van der Waals surface area contributed by atoms with Crippen LogP contribution in [0.25, 0.3) is 0 Å². The maximum absolute atomic E-state index is 4.59. The van der Waals surface area contributed by atoms with Crippen molar-refractivity contribution in [2.75, 3.05) is 17.2 Å². The molecule has 0 spiro atoms. The van der Waals surface area contributed by atoms with Crippen molar-refractivity contribution in [2.45, 2.75) is 33.6 Å². The lowest BCUT2D eigenvalue weighted by Crippen LogP contribution is -2.07. The number of anilines is 3. The summed E-state index contributed by atoms with van der Waals surface area (Å²) in [6.45, 7) is 9.16. The molecule has 0 bridgehead atoms. The first-order valence-corrected chi connectivity index (χ1v) is 7.95. The summed E-state index contributed by atoms with van der Waals surface area (Å²) in [7, 11) is 0. The second-order valence-electron chi connectivity index (χ2n) is 5.27. The Labute approximate surface area is 134 Å². The van der Waals surface area contributed by atoms with Crippen molar-refractivity contribution in [1.82, 2.24) is 9.97 Å². The van der Waals surface area contributed by atoms with Crippen molar-refractivity contribution < 1.29 is 0 Å². The Morgan fingerprint density at radius 2 is 1.86 bits per heavy atom. The van der Waals surface area contributed by atoms with Crippen molar-refractivity contribution in [3.63, 3.8) is 0 Å². The molecule has 0 saturated carbocycles. The van der Waals surface area contributed by atoms with Crippen LogP contribution in [0.15, 0.2) is 28.7 Å². The maximum Gasteiger partial charge on any atom is 0.136 e. The molecule has 0 fully saturated rings. The van der Waals surface area contributed by atoms with Crippen molar-refractivity contribution in [3.05, 3.63) is 40.1 Å². The van der Waals surface area contributed by atoms with E-state index in [0.29, 0.717) is 0 Å². The average Bonchev–Trinajstić information content (AvgIpc) is 2.43. The van der Waals surface area contributed by atoms with E-state index < -0.39 is 0 Å². The fraction of sp³-hybridized carbons (Fsp3) is 0.375. The monoisotopic (exact) mass is 348 g/mol. The molecule has 21 heavy (non-hydrogen) atoms. The van der Waals surface area contributed by atoms with Gasteiger partial charge < -0.3 is 10.6 Å². The zero-order chi connectivity index (χ0) is 15.4. The lowest BCUT2D eigenvalue weighted by atomic mass is 10.2. The van der Waals surface area contributed by atoms with Gasteiger partial charge in [-0.3, -0.25) is 0 Å². The van der Waals surface area contributed by atoms with E-state index in [-0.39, 0.29) is 5.92 Å². The van der Waals surface area contributed by atoms with Crippen LogP contribution in [-0.4, -0.2) is 16.5 Å². The van der Waals surface area contributed by atoms with Crippen molar-refractivity contribution in [2.24, 2.45) is 0 Å². The fourth-order valence-electron chi connectivity index (χ4n) is 1.93. The van der Waals surface area contributed by atoms with Crippen LogP contribution in [0.4, 0.5) is 17.3 Å². The number of nitrogens with zero attached hydrogens (tertiary/aromatic N) is 2. The van der Waals surface area contributed by atoms with E-state index in [1.54, 1.807) is 0 Å². The molecule has 112 valence electrons. The number of hydrogen-bond acceptors (Lipinski definition) is 4. The first kappa shape index (κ1) is 15.8. The van der Waals surface area contributed by atoms with Gasteiger partial charge in [-0.1, -0.05) is 29.8 Å². The predicted octanol–water partition coefficient (Wildman–Crippen LogP) is 4.85. The number of hydrogen-bond donors (Lipinski definition) is 2. The first-order chi connectivity index (χ1) is 9.99. The van der Waals surface area contributed by atoms with Crippen LogP contribution in [0.1, 0.15) is 38.1 Å². The summed E-state index contributed by atoms with van der Waals surface area (Å²) in [4.78, 5) is 9.11. The summed E-state index contributed by atoms with van der Waals surface area (Å²) in [5.41, 5.74) is 2.21. The summed E-state index contributed by atoms with van der Waals surface area (Å²) in [5.74, 6) is 2.79. The van der Waals surface area contributed by atoms with Gasteiger partial charge in [-0.05, 0) is 37.6 Å². The van der Waals surface area contributed by atoms with Crippen LogP contribution < -0.4 is 10.6 Å². The molecular weight excluding hydrogens is 328 g/mol. The fourth-order valence-corrected chi connectivity index (χ4v) is 2.18. The van der Waals surface area contributed by atoms with Crippen molar-refractivity contribution in [1.29, 1.82) is 0 Å². The van der Waals surface area contributed by atoms with Gasteiger partial charge >= 0.3 is 0 Å². The Morgan fingerprint density at radius 3 is 2.48 bits per heavy atom. The standard InChI is InChI=1S/C16H21BrN4/c1-5-18-14-9-15(21-16(20-14)10(2)3)19-12-6-7-13(17)11(4)8-12/h6-10H,5H2,1-4H3,(H2,18,19,20,21). The summed E-state index contributed by atoms with van der Waals surface area (Å²) in [6, 6.07) is 8.09. The third-order valence-electron chi connectivity index (χ3n) is 3.05. The van der Waals surface area contributed by atoms with E-state index in [9.17, 15) is 0 Å². The van der Waals surface area contributed by atoms with E-state index in [2.05, 4.69) is 70.3 Å². The van der Waals surface area contributed by atoms with E-state index in [1.807, 2.05) is 18.2 Å². The van der Waals surface area contributed by atoms with Gasteiger partial charge in [-0.2, -0.15) is 0 Å². The highest BCUT2D eigenvalue weighted by Gasteiger charge is 2.08. The molecule has 0 radical (unpaired) electrons. The summed E-state index contributed by atoms with van der Waals surface area (Å²) < 4.78 is 1.10. The van der Waals surface area contributed by atoms with Crippen LogP contribution in [0.3, 0.4) is 0 Å². The molecule has 1 heterocycles. The van der Waals surface area contributed by atoms with Gasteiger partial charge in [0.05, 0.1) is 0 Å². The van der Waals surface area contributed by atoms with Gasteiger partial charge in [0.1, 0.15) is 17.5 Å². The Balaban J connectivity index is 2.31. The Bertz CT molecular complexity index is 626. The Hall–Kier alpha value is -1.62. The van der Waals surface area contributed by atoms with Crippen LogP contribution in [0, 0.1) is 6.92 Å².